The Balaban J connectivity index is 1.71. The zero-order valence-electron chi connectivity index (χ0n) is 19.0. The lowest BCUT2D eigenvalue weighted by atomic mass is 10.1. The first kappa shape index (κ1) is 24.1. The number of nitrogens with zero attached hydrogens (tertiary/aromatic N) is 1. The van der Waals surface area contributed by atoms with E-state index in [0.717, 1.165) is 11.1 Å². The average Bonchev–Trinajstić information content (AvgIpc) is 2.85. The highest BCUT2D eigenvalue weighted by Gasteiger charge is 2.12. The van der Waals surface area contributed by atoms with E-state index in [1.807, 2.05) is 42.5 Å². The molecule has 0 bridgehead atoms. The number of anilines is 1. The number of amides is 1. The van der Waals surface area contributed by atoms with E-state index in [4.69, 9.17) is 14.2 Å². The van der Waals surface area contributed by atoms with Gasteiger partial charge in [-0.05, 0) is 47.0 Å². The van der Waals surface area contributed by atoms with Crippen molar-refractivity contribution in [3.63, 3.8) is 0 Å². The van der Waals surface area contributed by atoms with Gasteiger partial charge in [-0.3, -0.25) is 14.9 Å². The standard InChI is InChI=1S/C26H24N2O6/c1-32-23-16-20(17-24(33-2)26(23)34-3)11-10-18-6-4-8-21(14-18)27-25(29)13-12-19-7-5-9-22(15-19)28(30)31/h4-17H,1-3H3,(H,27,29)/b11-10+,13-12+. The van der Waals surface area contributed by atoms with Crippen molar-refractivity contribution in [3.8, 4) is 17.2 Å². The summed E-state index contributed by atoms with van der Waals surface area (Å²) in [7, 11) is 4.67. The Morgan fingerprint density at radius 3 is 2.06 bits per heavy atom. The summed E-state index contributed by atoms with van der Waals surface area (Å²) in [4.78, 5) is 22.7. The fourth-order valence-electron chi connectivity index (χ4n) is 3.21. The van der Waals surface area contributed by atoms with Gasteiger partial charge in [0.1, 0.15) is 0 Å². The molecular weight excluding hydrogens is 436 g/mol. The van der Waals surface area contributed by atoms with Crippen LogP contribution in [-0.2, 0) is 4.79 Å². The number of nitro benzene ring substituents is 1. The Morgan fingerprint density at radius 2 is 1.44 bits per heavy atom. The topological polar surface area (TPSA) is 99.9 Å². The van der Waals surface area contributed by atoms with Crippen molar-refractivity contribution in [2.45, 2.75) is 0 Å². The van der Waals surface area contributed by atoms with Crippen LogP contribution >= 0.6 is 0 Å². The van der Waals surface area contributed by atoms with Gasteiger partial charge in [0.05, 0.1) is 26.3 Å². The fraction of sp³-hybridized carbons (Fsp3) is 0.115. The number of non-ortho nitro benzene ring substituents is 1. The molecule has 34 heavy (non-hydrogen) atoms. The van der Waals surface area contributed by atoms with Crippen molar-refractivity contribution in [2.24, 2.45) is 0 Å². The molecule has 0 aliphatic heterocycles. The summed E-state index contributed by atoms with van der Waals surface area (Å²) < 4.78 is 16.1. The van der Waals surface area contributed by atoms with Gasteiger partial charge in [0.2, 0.25) is 11.7 Å². The number of rotatable bonds is 9. The monoisotopic (exact) mass is 460 g/mol. The molecule has 0 aromatic heterocycles. The third-order valence-corrected chi connectivity index (χ3v) is 4.82. The van der Waals surface area contributed by atoms with Crippen molar-refractivity contribution in [1.82, 2.24) is 0 Å². The number of carbonyl (C=O) groups excluding carboxylic acids is 1. The van der Waals surface area contributed by atoms with Crippen molar-refractivity contribution >= 4 is 35.5 Å². The van der Waals surface area contributed by atoms with Crippen molar-refractivity contribution in [3.05, 3.63) is 93.5 Å². The number of nitro groups is 1. The highest BCUT2D eigenvalue weighted by atomic mass is 16.6. The van der Waals surface area contributed by atoms with Crippen LogP contribution in [0.25, 0.3) is 18.2 Å². The number of carbonyl (C=O) groups is 1. The Hall–Kier alpha value is -4.59. The summed E-state index contributed by atoms with van der Waals surface area (Å²) in [6, 6.07) is 17.1. The molecule has 0 fully saturated rings. The van der Waals surface area contributed by atoms with Gasteiger partial charge in [-0.1, -0.05) is 36.4 Å². The Kier molecular flexibility index (Phi) is 8.02. The first-order valence-corrected chi connectivity index (χ1v) is 10.2. The van der Waals surface area contributed by atoms with Gasteiger partial charge in [0, 0.05) is 23.9 Å². The van der Waals surface area contributed by atoms with Crippen LogP contribution in [-0.4, -0.2) is 32.2 Å². The van der Waals surface area contributed by atoms with Crippen molar-refractivity contribution in [1.29, 1.82) is 0 Å². The highest BCUT2D eigenvalue weighted by molar-refractivity contribution is 6.02. The fourth-order valence-corrected chi connectivity index (χ4v) is 3.21. The highest BCUT2D eigenvalue weighted by Crippen LogP contribution is 2.38. The molecule has 0 saturated heterocycles. The van der Waals surface area contributed by atoms with Crippen LogP contribution in [0.5, 0.6) is 17.2 Å². The van der Waals surface area contributed by atoms with Crippen molar-refractivity contribution < 1.29 is 23.9 Å². The molecule has 0 spiro atoms. The minimum absolute atomic E-state index is 0.0332. The van der Waals surface area contributed by atoms with Gasteiger partial charge < -0.3 is 19.5 Å². The maximum absolute atomic E-state index is 12.3. The molecule has 1 N–H and O–H groups in total. The maximum atomic E-state index is 12.3. The molecule has 3 aromatic carbocycles. The SMILES string of the molecule is COc1cc(/C=C/c2cccc(NC(=O)/C=C/c3cccc([N+](=O)[O-])c3)c2)cc(OC)c1OC. The van der Waals surface area contributed by atoms with Crippen LogP contribution < -0.4 is 19.5 Å². The lowest BCUT2D eigenvalue weighted by molar-refractivity contribution is -0.384. The molecule has 174 valence electrons. The number of hydrogen-bond acceptors (Lipinski definition) is 6. The zero-order valence-corrected chi connectivity index (χ0v) is 19.0. The van der Waals surface area contributed by atoms with Gasteiger partial charge >= 0.3 is 0 Å². The lowest BCUT2D eigenvalue weighted by Gasteiger charge is -2.12. The third kappa shape index (κ3) is 6.23. The number of methoxy groups -OCH3 is 3. The Labute approximate surface area is 197 Å². The second-order valence-corrected chi connectivity index (χ2v) is 7.09. The number of hydrogen-bond donors (Lipinski definition) is 1. The van der Waals surface area contributed by atoms with Gasteiger partial charge in [-0.15, -0.1) is 0 Å². The smallest absolute Gasteiger partial charge is 0.270 e. The second-order valence-electron chi connectivity index (χ2n) is 7.09. The van der Waals surface area contributed by atoms with Crippen molar-refractivity contribution in [2.75, 3.05) is 26.6 Å². The van der Waals surface area contributed by atoms with Crippen LogP contribution in [0.2, 0.25) is 0 Å². The van der Waals surface area contributed by atoms with Crippen LogP contribution in [0.4, 0.5) is 11.4 Å². The molecule has 0 heterocycles. The molecule has 0 saturated carbocycles. The van der Waals surface area contributed by atoms with E-state index in [-0.39, 0.29) is 11.6 Å². The van der Waals surface area contributed by atoms with E-state index in [1.54, 1.807) is 39.5 Å². The zero-order chi connectivity index (χ0) is 24.5. The van der Waals surface area contributed by atoms with Gasteiger partial charge in [0.25, 0.3) is 5.69 Å². The molecule has 0 aliphatic rings. The minimum Gasteiger partial charge on any atom is -0.493 e. The number of nitrogens with one attached hydrogen (secondary N) is 1. The predicted molar refractivity (Wildman–Crippen MR) is 132 cm³/mol. The summed E-state index contributed by atoms with van der Waals surface area (Å²) >= 11 is 0. The first-order chi connectivity index (χ1) is 16.4. The summed E-state index contributed by atoms with van der Waals surface area (Å²) in [5.74, 6) is 1.28. The number of ether oxygens (including phenoxy) is 3. The van der Waals surface area contributed by atoms with Gasteiger partial charge in [-0.25, -0.2) is 0 Å². The van der Waals surface area contributed by atoms with E-state index in [1.165, 1.54) is 24.3 Å². The largest absolute Gasteiger partial charge is 0.493 e. The molecule has 0 atom stereocenters. The molecule has 8 heteroatoms. The molecule has 3 rings (SSSR count). The normalized spacial score (nSPS) is 10.9. The molecule has 0 unspecified atom stereocenters. The van der Waals surface area contributed by atoms with Gasteiger partial charge in [-0.2, -0.15) is 0 Å². The van der Waals surface area contributed by atoms with E-state index in [2.05, 4.69) is 5.32 Å². The summed E-state index contributed by atoms with van der Waals surface area (Å²) in [5, 5.41) is 13.7. The van der Waals surface area contributed by atoms with E-state index in [9.17, 15) is 14.9 Å². The Bertz CT molecular complexity index is 1220. The average molecular weight is 460 g/mol. The second kappa shape index (κ2) is 11.3. The molecule has 0 radical (unpaired) electrons. The molecule has 1 amide bonds. The minimum atomic E-state index is -0.478. The predicted octanol–water partition coefficient (Wildman–Crippen LogP) is 5.44. The van der Waals surface area contributed by atoms with Gasteiger partial charge in [0.15, 0.2) is 11.5 Å². The third-order valence-electron chi connectivity index (χ3n) is 4.82. The van der Waals surface area contributed by atoms with E-state index in [0.29, 0.717) is 28.5 Å². The van der Waals surface area contributed by atoms with Crippen LogP contribution in [0.3, 0.4) is 0 Å². The number of benzene rings is 3. The van der Waals surface area contributed by atoms with E-state index >= 15 is 0 Å². The maximum Gasteiger partial charge on any atom is 0.270 e. The molecular formula is C26H24N2O6. The van der Waals surface area contributed by atoms with E-state index < -0.39 is 4.92 Å². The summed E-state index contributed by atoms with van der Waals surface area (Å²) in [5.41, 5.74) is 2.86. The molecule has 8 nitrogen and oxygen atoms in total. The molecule has 0 aliphatic carbocycles. The van der Waals surface area contributed by atoms with Crippen LogP contribution in [0.1, 0.15) is 16.7 Å². The van der Waals surface area contributed by atoms with Crippen LogP contribution in [0.15, 0.2) is 66.7 Å². The first-order valence-electron chi connectivity index (χ1n) is 10.2. The van der Waals surface area contributed by atoms with Crippen LogP contribution in [0, 0.1) is 10.1 Å². The lowest BCUT2D eigenvalue weighted by Crippen LogP contribution is -2.07. The quantitative estimate of drug-likeness (QED) is 0.197. The summed E-state index contributed by atoms with van der Waals surface area (Å²) in [6.45, 7) is 0. The molecule has 3 aromatic rings. The Morgan fingerprint density at radius 1 is 0.824 bits per heavy atom. The summed E-state index contributed by atoms with van der Waals surface area (Å²) in [6.07, 6.45) is 6.65.